The molecular weight excluding hydrogens is 448 g/mol. The van der Waals surface area contributed by atoms with Crippen LogP contribution in [0.1, 0.15) is 72.4 Å². The van der Waals surface area contributed by atoms with Crippen LogP contribution in [0.3, 0.4) is 0 Å². The van der Waals surface area contributed by atoms with Gasteiger partial charge in [-0.1, -0.05) is 52.1 Å². The summed E-state index contributed by atoms with van der Waals surface area (Å²) in [6.45, 7) is 7.02. The summed E-state index contributed by atoms with van der Waals surface area (Å²) in [4.78, 5) is 26.4. The maximum Gasteiger partial charge on any atom is 0.261 e. The van der Waals surface area contributed by atoms with Gasteiger partial charge in [0.15, 0.2) is 0 Å². The van der Waals surface area contributed by atoms with E-state index in [0.29, 0.717) is 17.7 Å². The average Bonchev–Trinajstić information content (AvgIpc) is 2.91. The highest BCUT2D eigenvalue weighted by Crippen LogP contribution is 2.29. The second kappa shape index (κ2) is 9.45. The Labute approximate surface area is 185 Å². The van der Waals surface area contributed by atoms with Crippen LogP contribution in [0, 0.1) is 0 Å². The Balaban J connectivity index is 1.57. The fraction of sp³-hybridized carbons (Fsp3) is 0.391. The molecule has 0 aliphatic carbocycles. The lowest BCUT2D eigenvalue weighted by Gasteiger charge is -2.25. The van der Waals surface area contributed by atoms with Crippen molar-refractivity contribution in [1.82, 2.24) is 9.62 Å². The largest absolute Gasteiger partial charge is 0.274 e. The summed E-state index contributed by atoms with van der Waals surface area (Å²) < 4.78 is 4.79. The summed E-state index contributed by atoms with van der Waals surface area (Å²) in [5.41, 5.74) is 2.28. The molecule has 3 rings (SSSR count). The molecule has 29 heavy (non-hydrogen) atoms. The van der Waals surface area contributed by atoms with Crippen molar-refractivity contribution in [1.29, 1.82) is 0 Å². The van der Waals surface area contributed by atoms with Crippen LogP contribution in [0.4, 0.5) is 0 Å². The van der Waals surface area contributed by atoms with Crippen LogP contribution in [0.2, 0.25) is 0 Å². The summed E-state index contributed by atoms with van der Waals surface area (Å²) in [6.07, 6.45) is 2.64. The van der Waals surface area contributed by atoms with Gasteiger partial charge in [-0.15, -0.1) is 0 Å². The molecular formula is C23H27BrN2O2S. The minimum atomic E-state index is -0.171. The van der Waals surface area contributed by atoms with Crippen molar-refractivity contribution in [3.05, 3.63) is 69.7 Å². The van der Waals surface area contributed by atoms with Crippen LogP contribution in [-0.2, 0) is 0 Å². The molecule has 1 N–H and O–H groups in total. The van der Waals surface area contributed by atoms with Crippen LogP contribution in [0.5, 0.6) is 0 Å². The third kappa shape index (κ3) is 5.71. The highest BCUT2D eigenvalue weighted by atomic mass is 79.9. The minimum absolute atomic E-state index is 0.116. The van der Waals surface area contributed by atoms with Gasteiger partial charge in [0.25, 0.3) is 11.8 Å². The lowest BCUT2D eigenvalue weighted by atomic mass is 10.0. The molecule has 0 spiro atoms. The van der Waals surface area contributed by atoms with E-state index in [1.54, 1.807) is 36.2 Å². The van der Waals surface area contributed by atoms with Gasteiger partial charge in [0.05, 0.1) is 11.1 Å². The third-order valence-electron chi connectivity index (χ3n) is 4.76. The zero-order chi connectivity index (χ0) is 21.0. The maximum absolute atomic E-state index is 12.5. The summed E-state index contributed by atoms with van der Waals surface area (Å²) in [5, 5.41) is 0. The first kappa shape index (κ1) is 22.1. The molecule has 0 saturated carbocycles. The first-order valence-electron chi connectivity index (χ1n) is 9.90. The van der Waals surface area contributed by atoms with Gasteiger partial charge in [0.1, 0.15) is 0 Å². The molecule has 2 aromatic carbocycles. The highest BCUT2D eigenvalue weighted by Gasteiger charge is 2.34. The van der Waals surface area contributed by atoms with Crippen LogP contribution in [-0.4, -0.2) is 28.0 Å². The van der Waals surface area contributed by atoms with Gasteiger partial charge in [0.2, 0.25) is 0 Å². The number of benzene rings is 2. The third-order valence-corrected chi connectivity index (χ3v) is 6.27. The van der Waals surface area contributed by atoms with Gasteiger partial charge in [0, 0.05) is 21.8 Å². The number of rotatable bonds is 8. The number of unbranched alkanes of at least 4 members (excludes halogenated alkanes) is 1. The Morgan fingerprint density at radius 2 is 1.66 bits per heavy atom. The van der Waals surface area contributed by atoms with Gasteiger partial charge >= 0.3 is 0 Å². The molecule has 154 valence electrons. The number of halogens is 1. The number of nitrogens with one attached hydrogen (secondary N) is 1. The van der Waals surface area contributed by atoms with Crippen molar-refractivity contribution >= 4 is 39.7 Å². The van der Waals surface area contributed by atoms with E-state index in [1.165, 1.54) is 10.5 Å². The Hall–Kier alpha value is -1.63. The number of carbonyl (C=O) groups excluding carboxylic acids is 2. The van der Waals surface area contributed by atoms with Crippen LogP contribution < -0.4 is 4.72 Å². The number of amides is 2. The Morgan fingerprint density at radius 1 is 1.00 bits per heavy atom. The molecule has 1 aliphatic heterocycles. The second-order valence-corrected chi connectivity index (χ2v) is 10.8. The first-order chi connectivity index (χ1) is 13.8. The molecule has 1 aliphatic rings. The highest BCUT2D eigenvalue weighted by molar-refractivity contribution is 9.10. The first-order valence-corrected chi connectivity index (χ1v) is 11.5. The monoisotopic (exact) mass is 474 g/mol. The van der Waals surface area contributed by atoms with Gasteiger partial charge in [-0.2, -0.15) is 0 Å². The molecule has 2 amide bonds. The maximum atomic E-state index is 12.5. The van der Waals surface area contributed by atoms with Crippen molar-refractivity contribution in [2.45, 2.75) is 50.8 Å². The number of fused-ring (bicyclic) bond motifs is 1. The quantitative estimate of drug-likeness (QED) is 0.289. The van der Waals surface area contributed by atoms with Gasteiger partial charge in [-0.3, -0.25) is 19.2 Å². The molecule has 0 bridgehead atoms. The Morgan fingerprint density at radius 3 is 2.24 bits per heavy atom. The lowest BCUT2D eigenvalue weighted by Crippen LogP contribution is -2.30. The average molecular weight is 475 g/mol. The lowest BCUT2D eigenvalue weighted by molar-refractivity contribution is 0.0651. The molecule has 1 atom stereocenters. The summed E-state index contributed by atoms with van der Waals surface area (Å²) in [6, 6.07) is 15.6. The molecule has 0 radical (unpaired) electrons. The number of hydrogen-bond acceptors (Lipinski definition) is 4. The molecule has 4 nitrogen and oxygen atoms in total. The number of carbonyl (C=O) groups is 2. The van der Waals surface area contributed by atoms with E-state index in [9.17, 15) is 9.59 Å². The smallest absolute Gasteiger partial charge is 0.261 e. The van der Waals surface area contributed by atoms with E-state index >= 15 is 0 Å². The van der Waals surface area contributed by atoms with E-state index in [2.05, 4.69) is 59.6 Å². The van der Waals surface area contributed by atoms with Crippen molar-refractivity contribution in [2.75, 3.05) is 6.54 Å². The predicted octanol–water partition coefficient (Wildman–Crippen LogP) is 5.99. The van der Waals surface area contributed by atoms with Crippen LogP contribution in [0.25, 0.3) is 0 Å². The molecule has 1 unspecified atom stereocenters. The SMILES string of the molecule is CC(C)(C)SNC(CCCCN1C(=O)c2ccccc2C1=O)c1cccc(Br)c1. The zero-order valence-corrected chi connectivity index (χ0v) is 19.5. The van der Waals surface area contributed by atoms with Crippen molar-refractivity contribution in [2.24, 2.45) is 0 Å². The van der Waals surface area contributed by atoms with E-state index in [-0.39, 0.29) is 22.6 Å². The molecule has 0 fully saturated rings. The zero-order valence-electron chi connectivity index (χ0n) is 17.1. The Kier molecular flexibility index (Phi) is 7.19. The van der Waals surface area contributed by atoms with E-state index in [0.717, 1.165) is 23.7 Å². The second-order valence-electron chi connectivity index (χ2n) is 8.24. The standard InChI is InChI=1S/C23H27BrN2O2S/c1-23(2,3)29-25-20(16-9-8-10-17(24)15-16)13-6-7-14-26-21(27)18-11-4-5-12-19(18)22(26)28/h4-5,8-12,15,20,25H,6-7,13-14H2,1-3H3. The number of imide groups is 1. The van der Waals surface area contributed by atoms with Crippen LogP contribution in [0.15, 0.2) is 53.0 Å². The number of nitrogens with zero attached hydrogens (tertiary/aromatic N) is 1. The number of hydrogen-bond donors (Lipinski definition) is 1. The topological polar surface area (TPSA) is 49.4 Å². The predicted molar refractivity (Wildman–Crippen MR) is 123 cm³/mol. The van der Waals surface area contributed by atoms with Crippen LogP contribution >= 0.6 is 27.9 Å². The molecule has 0 aromatic heterocycles. The van der Waals surface area contributed by atoms with Crippen molar-refractivity contribution in [3.63, 3.8) is 0 Å². The van der Waals surface area contributed by atoms with Gasteiger partial charge < -0.3 is 0 Å². The Bertz CT molecular complexity index is 859. The summed E-state index contributed by atoms with van der Waals surface area (Å²) in [7, 11) is 0. The summed E-state index contributed by atoms with van der Waals surface area (Å²) in [5.74, 6) is -0.342. The van der Waals surface area contributed by atoms with Gasteiger partial charge in [-0.25, -0.2) is 0 Å². The van der Waals surface area contributed by atoms with Gasteiger partial charge in [-0.05, 0) is 69.9 Å². The molecule has 0 saturated heterocycles. The van der Waals surface area contributed by atoms with E-state index in [4.69, 9.17) is 0 Å². The molecule has 6 heteroatoms. The minimum Gasteiger partial charge on any atom is -0.274 e. The summed E-state index contributed by atoms with van der Waals surface area (Å²) >= 11 is 5.29. The normalized spacial score (nSPS) is 15.0. The fourth-order valence-corrected chi connectivity index (χ4v) is 4.49. The van der Waals surface area contributed by atoms with E-state index < -0.39 is 0 Å². The molecule has 1 heterocycles. The van der Waals surface area contributed by atoms with E-state index in [1.807, 2.05) is 6.07 Å². The fourth-order valence-electron chi connectivity index (χ4n) is 3.33. The van der Waals surface area contributed by atoms with Crippen molar-refractivity contribution < 1.29 is 9.59 Å². The molecule has 2 aromatic rings. The van der Waals surface area contributed by atoms with Crippen molar-refractivity contribution in [3.8, 4) is 0 Å².